The molecule has 262 valence electrons. The Morgan fingerprint density at radius 2 is 1.28 bits per heavy atom. The van der Waals surface area contributed by atoms with E-state index in [0.717, 1.165) is 61.3 Å². The number of piperazine rings is 1. The van der Waals surface area contributed by atoms with Crippen LogP contribution in [-0.4, -0.2) is 73.8 Å². The number of hydroxylamine groups is 2. The molecule has 0 amide bonds. The number of nitrogens with one attached hydrogen (secondary N) is 1. The largest absolute Gasteiger partial charge is 0.485 e. The first-order chi connectivity index (χ1) is 24.6. The van der Waals surface area contributed by atoms with Crippen molar-refractivity contribution in [3.05, 3.63) is 144 Å². The minimum atomic E-state index is -0.592. The van der Waals surface area contributed by atoms with Gasteiger partial charge in [0.2, 0.25) is 0 Å². The van der Waals surface area contributed by atoms with E-state index < -0.39 is 11.9 Å². The maximum atomic E-state index is 12.5. The van der Waals surface area contributed by atoms with Crippen molar-refractivity contribution < 1.29 is 28.6 Å². The van der Waals surface area contributed by atoms with Crippen LogP contribution in [0.4, 0.5) is 0 Å². The molecule has 1 unspecified atom stereocenters. The third-order valence-electron chi connectivity index (χ3n) is 8.46. The summed E-state index contributed by atoms with van der Waals surface area (Å²) < 4.78 is 18.1. The second-order valence-corrected chi connectivity index (χ2v) is 12.1. The molecule has 0 radical (unpaired) electrons. The van der Waals surface area contributed by atoms with Gasteiger partial charge in [-0.05, 0) is 53.8 Å². The van der Waals surface area contributed by atoms with E-state index in [2.05, 4.69) is 53.5 Å². The molecule has 1 N–H and O–H groups in total. The summed E-state index contributed by atoms with van der Waals surface area (Å²) in [5.41, 5.74) is 4.50. The third kappa shape index (κ3) is 12.2. The lowest BCUT2D eigenvalue weighted by molar-refractivity contribution is -0.186. The number of hydrogen-bond acceptors (Lipinski definition) is 9. The zero-order valence-electron chi connectivity index (χ0n) is 28.7. The number of likely N-dealkylation sites (N-methyl/N-ethyl adjacent to an activating group) is 1. The van der Waals surface area contributed by atoms with Gasteiger partial charge in [-0.15, -0.1) is 5.06 Å². The highest BCUT2D eigenvalue weighted by Crippen LogP contribution is 2.31. The molecule has 5 rings (SSSR count). The Hall–Kier alpha value is -4.96. The molecule has 50 heavy (non-hydrogen) atoms. The van der Waals surface area contributed by atoms with Crippen LogP contribution in [0.3, 0.4) is 0 Å². The van der Waals surface area contributed by atoms with Crippen molar-refractivity contribution in [1.82, 2.24) is 15.3 Å². The van der Waals surface area contributed by atoms with E-state index in [1.54, 1.807) is 5.06 Å². The van der Waals surface area contributed by atoms with Gasteiger partial charge >= 0.3 is 11.9 Å². The molecule has 1 saturated heterocycles. The standard InChI is InChI=1S/C41H47N3O6/c1-2-43(26-27-47-40(45)20-21-41(46)50-44-24-22-42-23-25-44)37(28-33-12-6-3-7-13-33)29-36-18-19-38(48-31-34-14-8-4-9-15-34)39(30-36)49-32-35-16-10-5-11-17-35/h3-21,30,37,42H,2,22-29,31-32H2,1H3/b21-20+. The van der Waals surface area contributed by atoms with Crippen molar-refractivity contribution in [3.63, 3.8) is 0 Å². The molecular weight excluding hydrogens is 630 g/mol. The molecule has 1 aliphatic rings. The van der Waals surface area contributed by atoms with Crippen LogP contribution < -0.4 is 14.8 Å². The van der Waals surface area contributed by atoms with E-state index in [4.69, 9.17) is 19.0 Å². The molecule has 0 aromatic heterocycles. The minimum absolute atomic E-state index is 0.115. The Balaban J connectivity index is 1.25. The Labute approximate surface area is 295 Å². The summed E-state index contributed by atoms with van der Waals surface area (Å²) in [5, 5.41) is 4.78. The summed E-state index contributed by atoms with van der Waals surface area (Å²) in [4.78, 5) is 32.2. The predicted molar refractivity (Wildman–Crippen MR) is 194 cm³/mol. The van der Waals surface area contributed by atoms with Crippen LogP contribution in [0.2, 0.25) is 0 Å². The van der Waals surface area contributed by atoms with Gasteiger partial charge < -0.3 is 24.4 Å². The topological polar surface area (TPSA) is 89.6 Å². The molecule has 1 heterocycles. The first-order valence-electron chi connectivity index (χ1n) is 17.3. The third-order valence-corrected chi connectivity index (χ3v) is 8.46. The molecule has 4 aromatic rings. The zero-order chi connectivity index (χ0) is 34.8. The normalized spacial score (nSPS) is 14.0. The Kier molecular flexibility index (Phi) is 14.5. The number of nitrogens with zero attached hydrogens (tertiary/aromatic N) is 2. The van der Waals surface area contributed by atoms with Gasteiger partial charge in [-0.2, -0.15) is 0 Å². The lowest BCUT2D eigenvalue weighted by atomic mass is 9.97. The number of carbonyl (C=O) groups is 2. The second kappa shape index (κ2) is 19.9. The van der Waals surface area contributed by atoms with Crippen molar-refractivity contribution in [2.45, 2.75) is 39.0 Å². The van der Waals surface area contributed by atoms with Gasteiger partial charge in [-0.1, -0.05) is 104 Å². The maximum Gasteiger partial charge on any atom is 0.349 e. The number of rotatable bonds is 18. The molecule has 0 saturated carbocycles. The highest BCUT2D eigenvalue weighted by molar-refractivity contribution is 5.91. The van der Waals surface area contributed by atoms with Crippen LogP contribution in [0.25, 0.3) is 0 Å². The van der Waals surface area contributed by atoms with Gasteiger partial charge in [0.05, 0.1) is 0 Å². The van der Waals surface area contributed by atoms with E-state index in [1.807, 2.05) is 72.8 Å². The van der Waals surface area contributed by atoms with Crippen LogP contribution in [0.15, 0.2) is 121 Å². The Bertz CT molecular complexity index is 1630. The van der Waals surface area contributed by atoms with Gasteiger partial charge in [0.25, 0.3) is 0 Å². The fourth-order valence-electron chi connectivity index (χ4n) is 5.81. The summed E-state index contributed by atoms with van der Waals surface area (Å²) in [7, 11) is 0. The number of hydrogen-bond donors (Lipinski definition) is 1. The number of ether oxygens (including phenoxy) is 3. The van der Waals surface area contributed by atoms with E-state index in [-0.39, 0.29) is 12.6 Å². The van der Waals surface area contributed by atoms with Crippen molar-refractivity contribution >= 4 is 11.9 Å². The van der Waals surface area contributed by atoms with Crippen molar-refractivity contribution in [2.24, 2.45) is 0 Å². The van der Waals surface area contributed by atoms with Crippen LogP contribution in [-0.2, 0) is 45.2 Å². The fourth-order valence-corrected chi connectivity index (χ4v) is 5.81. The predicted octanol–water partition coefficient (Wildman–Crippen LogP) is 5.78. The summed E-state index contributed by atoms with van der Waals surface area (Å²) in [6, 6.07) is 36.9. The molecule has 9 heteroatoms. The average molecular weight is 678 g/mol. The first-order valence-corrected chi connectivity index (χ1v) is 17.3. The van der Waals surface area contributed by atoms with Gasteiger partial charge in [0.15, 0.2) is 11.5 Å². The van der Waals surface area contributed by atoms with E-state index in [0.29, 0.717) is 44.3 Å². The summed E-state index contributed by atoms with van der Waals surface area (Å²) in [6.07, 6.45) is 3.80. The van der Waals surface area contributed by atoms with E-state index >= 15 is 0 Å². The molecule has 0 bridgehead atoms. The molecule has 4 aromatic carbocycles. The number of esters is 1. The summed E-state index contributed by atoms with van der Waals surface area (Å²) in [6.45, 7) is 7.16. The minimum Gasteiger partial charge on any atom is -0.485 e. The Morgan fingerprint density at radius 3 is 1.90 bits per heavy atom. The maximum absolute atomic E-state index is 12.5. The second-order valence-electron chi connectivity index (χ2n) is 12.1. The molecule has 0 spiro atoms. The average Bonchev–Trinajstić information content (AvgIpc) is 3.16. The van der Waals surface area contributed by atoms with E-state index in [9.17, 15) is 9.59 Å². The smallest absolute Gasteiger partial charge is 0.349 e. The highest BCUT2D eigenvalue weighted by atomic mass is 16.7. The molecule has 1 aliphatic heterocycles. The van der Waals surface area contributed by atoms with Crippen LogP contribution in [0.5, 0.6) is 11.5 Å². The molecule has 1 atom stereocenters. The SMILES string of the molecule is CCN(CCOC(=O)/C=C/C(=O)ON1CCNCC1)C(Cc1ccccc1)Cc1ccc(OCc2ccccc2)c(OCc2ccccc2)c1. The van der Waals surface area contributed by atoms with Crippen LogP contribution in [0.1, 0.15) is 29.2 Å². The fraction of sp³-hybridized carbons (Fsp3) is 0.317. The van der Waals surface area contributed by atoms with Crippen molar-refractivity contribution in [1.29, 1.82) is 0 Å². The van der Waals surface area contributed by atoms with E-state index in [1.165, 1.54) is 5.56 Å². The molecule has 1 fully saturated rings. The highest BCUT2D eigenvalue weighted by Gasteiger charge is 2.20. The monoisotopic (exact) mass is 677 g/mol. The van der Waals surface area contributed by atoms with Gasteiger partial charge in [-0.25, -0.2) is 9.59 Å². The molecule has 0 aliphatic carbocycles. The number of carbonyl (C=O) groups excluding carboxylic acids is 2. The quantitative estimate of drug-likeness (QED) is 0.104. The summed E-state index contributed by atoms with van der Waals surface area (Å²) >= 11 is 0. The van der Waals surface area contributed by atoms with Gasteiger partial charge in [0, 0.05) is 50.9 Å². The lowest BCUT2D eigenvalue weighted by Gasteiger charge is -2.31. The van der Waals surface area contributed by atoms with Gasteiger partial charge in [0.1, 0.15) is 19.8 Å². The van der Waals surface area contributed by atoms with Gasteiger partial charge in [-0.3, -0.25) is 4.90 Å². The number of benzene rings is 4. The Morgan fingerprint density at radius 1 is 0.720 bits per heavy atom. The van der Waals surface area contributed by atoms with Crippen molar-refractivity contribution in [2.75, 3.05) is 45.9 Å². The first kappa shape index (κ1) is 36.3. The molecular formula is C41H47N3O6. The summed E-state index contributed by atoms with van der Waals surface area (Å²) in [5.74, 6) is 0.215. The molecule has 9 nitrogen and oxygen atoms in total. The zero-order valence-corrected chi connectivity index (χ0v) is 28.7. The lowest BCUT2D eigenvalue weighted by Crippen LogP contribution is -2.44. The van der Waals surface area contributed by atoms with Crippen LogP contribution >= 0.6 is 0 Å². The van der Waals surface area contributed by atoms with Crippen molar-refractivity contribution in [3.8, 4) is 11.5 Å². The van der Waals surface area contributed by atoms with Crippen LogP contribution in [0, 0.1) is 0 Å².